The Morgan fingerprint density at radius 2 is 1.88 bits per heavy atom. The van der Waals surface area contributed by atoms with Crippen molar-refractivity contribution in [3.63, 3.8) is 0 Å². The molecule has 0 spiro atoms. The van der Waals surface area contributed by atoms with Crippen molar-refractivity contribution in [2.45, 2.75) is 12.3 Å². The van der Waals surface area contributed by atoms with E-state index in [2.05, 4.69) is 10.6 Å². The summed E-state index contributed by atoms with van der Waals surface area (Å²) in [7, 11) is 0. The first-order chi connectivity index (χ1) is 12.4. The Balaban J connectivity index is 1.93. The van der Waals surface area contributed by atoms with Gasteiger partial charge in [0.1, 0.15) is 0 Å². The molecule has 1 aliphatic rings. The lowest BCUT2D eigenvalue weighted by atomic mass is 9.94. The largest absolute Gasteiger partial charge is 0.481 e. The first kappa shape index (κ1) is 17.7. The molecule has 3 rings (SSSR count). The number of aliphatic carboxylic acids is 1. The van der Waals surface area contributed by atoms with Crippen LogP contribution in [0.1, 0.15) is 17.9 Å². The van der Waals surface area contributed by atoms with Gasteiger partial charge in [-0.2, -0.15) is 0 Å². The zero-order valence-electron chi connectivity index (χ0n) is 13.5. The zero-order valence-corrected chi connectivity index (χ0v) is 14.2. The van der Waals surface area contributed by atoms with Gasteiger partial charge >= 0.3 is 5.97 Å². The van der Waals surface area contributed by atoms with E-state index in [0.717, 1.165) is 0 Å². The fourth-order valence-electron chi connectivity index (χ4n) is 2.68. The van der Waals surface area contributed by atoms with Crippen LogP contribution < -0.4 is 21.1 Å². The van der Waals surface area contributed by atoms with E-state index in [0.29, 0.717) is 21.7 Å². The summed E-state index contributed by atoms with van der Waals surface area (Å²) in [6, 6.07) is 11.8. The molecule has 0 aromatic heterocycles. The van der Waals surface area contributed by atoms with E-state index in [1.807, 2.05) is 0 Å². The standard InChI is InChI=1S/C19H14ClN2O4/c20-15-6-13-10-21-17(23)8-12(13)7-16(15)22-19(26)14(9-18(24)25)11-4-2-1-3-5-11/h1-8,10,14H,9H2,(H,22,26)(H,24,25). The van der Waals surface area contributed by atoms with Crippen LogP contribution in [0.25, 0.3) is 12.3 Å². The van der Waals surface area contributed by atoms with E-state index < -0.39 is 23.7 Å². The lowest BCUT2D eigenvalue weighted by molar-refractivity contribution is -0.139. The number of halogens is 1. The highest BCUT2D eigenvalue weighted by Crippen LogP contribution is 2.24. The summed E-state index contributed by atoms with van der Waals surface area (Å²) in [5.41, 5.74) is 0.899. The van der Waals surface area contributed by atoms with E-state index in [-0.39, 0.29) is 11.4 Å². The minimum absolute atomic E-state index is 0.272. The molecule has 26 heavy (non-hydrogen) atoms. The highest BCUT2D eigenvalue weighted by molar-refractivity contribution is 6.33. The molecule has 1 unspecified atom stereocenters. The Labute approximate surface area is 153 Å². The Hall–Kier alpha value is -3.12. The molecule has 0 saturated heterocycles. The van der Waals surface area contributed by atoms with Crippen molar-refractivity contribution in [2.24, 2.45) is 0 Å². The number of hydrogen-bond donors (Lipinski definition) is 2. The molecule has 0 aliphatic carbocycles. The van der Waals surface area contributed by atoms with Crippen LogP contribution in [0.15, 0.2) is 42.5 Å². The summed E-state index contributed by atoms with van der Waals surface area (Å²) in [5, 5.41) is 17.0. The Morgan fingerprint density at radius 3 is 2.58 bits per heavy atom. The van der Waals surface area contributed by atoms with Crippen molar-refractivity contribution >= 4 is 47.3 Å². The van der Waals surface area contributed by atoms with Gasteiger partial charge in [-0.25, -0.2) is 5.32 Å². The quantitative estimate of drug-likeness (QED) is 0.827. The number of carbonyl (C=O) groups excluding carboxylic acids is 2. The van der Waals surface area contributed by atoms with Crippen molar-refractivity contribution in [2.75, 3.05) is 5.32 Å². The first-order valence-corrected chi connectivity index (χ1v) is 8.16. The molecule has 1 atom stereocenters. The normalized spacial score (nSPS) is 13.5. The molecule has 0 fully saturated rings. The molecule has 2 aromatic carbocycles. The third-order valence-corrected chi connectivity index (χ3v) is 4.25. The maximum Gasteiger partial charge on any atom is 0.304 e. The second-order valence-corrected chi connectivity index (χ2v) is 6.16. The molecule has 2 aromatic rings. The van der Waals surface area contributed by atoms with Crippen molar-refractivity contribution in [3.05, 3.63) is 63.5 Å². The molecule has 7 heteroatoms. The molecule has 1 heterocycles. The molecular weight excluding hydrogens is 356 g/mol. The van der Waals surface area contributed by atoms with Crippen LogP contribution in [0, 0.1) is 0 Å². The molecule has 1 aliphatic heterocycles. The van der Waals surface area contributed by atoms with Crippen LogP contribution in [-0.2, 0) is 14.4 Å². The number of carboxylic acids is 1. The van der Waals surface area contributed by atoms with Gasteiger partial charge < -0.3 is 10.4 Å². The number of amides is 2. The first-order valence-electron chi connectivity index (χ1n) is 7.78. The van der Waals surface area contributed by atoms with Gasteiger partial charge in [-0.1, -0.05) is 41.9 Å². The number of carboxylic acid groups (broad SMARTS) is 1. The number of fused-ring (bicyclic) bond motifs is 1. The lowest BCUT2D eigenvalue weighted by Crippen LogP contribution is -2.34. The fraction of sp³-hybridized carbons (Fsp3) is 0.105. The second-order valence-electron chi connectivity index (χ2n) is 5.75. The van der Waals surface area contributed by atoms with Crippen LogP contribution in [0.5, 0.6) is 0 Å². The monoisotopic (exact) mass is 369 g/mol. The Morgan fingerprint density at radius 1 is 1.15 bits per heavy atom. The third-order valence-electron chi connectivity index (χ3n) is 3.94. The van der Waals surface area contributed by atoms with Crippen molar-refractivity contribution < 1.29 is 19.5 Å². The van der Waals surface area contributed by atoms with Gasteiger partial charge in [0.2, 0.25) is 5.91 Å². The summed E-state index contributed by atoms with van der Waals surface area (Å²) in [6.45, 7) is 0. The number of benzene rings is 2. The lowest BCUT2D eigenvalue weighted by Gasteiger charge is -2.16. The fourth-order valence-corrected chi connectivity index (χ4v) is 2.90. The van der Waals surface area contributed by atoms with E-state index in [4.69, 9.17) is 16.7 Å². The van der Waals surface area contributed by atoms with Crippen molar-refractivity contribution in [3.8, 4) is 0 Å². The van der Waals surface area contributed by atoms with Crippen LogP contribution in [0.4, 0.5) is 5.69 Å². The third kappa shape index (κ3) is 3.92. The van der Waals surface area contributed by atoms with Crippen LogP contribution in [-0.4, -0.2) is 22.9 Å². The van der Waals surface area contributed by atoms with E-state index >= 15 is 0 Å². The molecule has 2 N–H and O–H groups in total. The van der Waals surface area contributed by atoms with Gasteiger partial charge in [-0.15, -0.1) is 0 Å². The molecular formula is C19H14ClN2O4. The number of anilines is 1. The summed E-state index contributed by atoms with van der Waals surface area (Å²) >= 11 is 6.21. The van der Waals surface area contributed by atoms with Gasteiger partial charge in [0, 0.05) is 17.5 Å². The summed E-state index contributed by atoms with van der Waals surface area (Å²) in [6.07, 6.45) is 2.40. The number of nitrogens with one attached hydrogen (secondary N) is 1. The number of carbonyl (C=O) groups is 3. The number of nitrogens with zero attached hydrogens (tertiary/aromatic N) is 1. The average molecular weight is 370 g/mol. The van der Waals surface area contributed by atoms with Gasteiger partial charge in [0.15, 0.2) is 0 Å². The summed E-state index contributed by atoms with van der Waals surface area (Å²) in [5.74, 6) is -2.84. The van der Waals surface area contributed by atoms with Gasteiger partial charge in [-0.05, 0) is 22.9 Å². The topological polar surface area (TPSA) is 97.6 Å². The molecule has 0 saturated carbocycles. The van der Waals surface area contributed by atoms with E-state index in [1.54, 1.807) is 42.5 Å². The van der Waals surface area contributed by atoms with E-state index in [1.165, 1.54) is 12.3 Å². The maximum absolute atomic E-state index is 12.7. The molecule has 1 radical (unpaired) electrons. The predicted molar refractivity (Wildman–Crippen MR) is 96.8 cm³/mol. The SMILES string of the molecule is O=C(O)CC(C(=O)Nc1cc2c(cc1Cl)=C[N]C(=O)C=2)c1ccccc1. The highest BCUT2D eigenvalue weighted by atomic mass is 35.5. The Bertz CT molecular complexity index is 1000. The van der Waals surface area contributed by atoms with Crippen molar-refractivity contribution in [1.82, 2.24) is 5.32 Å². The second kappa shape index (κ2) is 7.41. The zero-order chi connectivity index (χ0) is 18.7. The summed E-state index contributed by atoms with van der Waals surface area (Å²) < 4.78 is 0. The number of rotatable bonds is 5. The minimum atomic E-state index is -1.08. The smallest absolute Gasteiger partial charge is 0.304 e. The van der Waals surface area contributed by atoms with Crippen molar-refractivity contribution in [1.29, 1.82) is 0 Å². The summed E-state index contributed by atoms with van der Waals surface area (Å²) in [4.78, 5) is 35.3. The van der Waals surface area contributed by atoms with Crippen LogP contribution in [0.2, 0.25) is 5.02 Å². The Kier molecular flexibility index (Phi) is 5.04. The predicted octanol–water partition coefficient (Wildman–Crippen LogP) is 1.20. The molecule has 2 amide bonds. The molecule has 0 bridgehead atoms. The van der Waals surface area contributed by atoms with Gasteiger partial charge in [-0.3, -0.25) is 14.4 Å². The van der Waals surface area contributed by atoms with Crippen LogP contribution >= 0.6 is 11.6 Å². The van der Waals surface area contributed by atoms with Gasteiger partial charge in [0.05, 0.1) is 23.0 Å². The highest BCUT2D eigenvalue weighted by Gasteiger charge is 2.24. The van der Waals surface area contributed by atoms with E-state index in [9.17, 15) is 14.4 Å². The molecule has 6 nitrogen and oxygen atoms in total. The van der Waals surface area contributed by atoms with Gasteiger partial charge in [0.25, 0.3) is 5.91 Å². The maximum atomic E-state index is 12.7. The number of hydrogen-bond acceptors (Lipinski definition) is 3. The van der Waals surface area contributed by atoms with Crippen LogP contribution in [0.3, 0.4) is 0 Å². The minimum Gasteiger partial charge on any atom is -0.481 e. The average Bonchev–Trinajstić information content (AvgIpc) is 2.61. The molecule has 131 valence electrons.